The molecule has 4 nitrogen and oxygen atoms in total. The Morgan fingerprint density at radius 2 is 2.09 bits per heavy atom. The lowest BCUT2D eigenvalue weighted by atomic mass is 9.80. The van der Waals surface area contributed by atoms with Crippen LogP contribution >= 0.6 is 0 Å². The highest BCUT2D eigenvalue weighted by atomic mass is 16.5. The summed E-state index contributed by atoms with van der Waals surface area (Å²) >= 11 is 0. The first kappa shape index (κ1) is 16.8. The predicted molar refractivity (Wildman–Crippen MR) is 89.1 cm³/mol. The van der Waals surface area contributed by atoms with Gasteiger partial charge in [-0.25, -0.2) is 0 Å². The van der Waals surface area contributed by atoms with Gasteiger partial charge in [-0.1, -0.05) is 19.1 Å². The second kappa shape index (κ2) is 7.63. The van der Waals surface area contributed by atoms with Crippen LogP contribution in [0.3, 0.4) is 0 Å². The van der Waals surface area contributed by atoms with E-state index in [1.807, 2.05) is 26.0 Å². The summed E-state index contributed by atoms with van der Waals surface area (Å²) in [6, 6.07) is 8.10. The second-order valence-corrected chi connectivity index (χ2v) is 6.63. The lowest BCUT2D eigenvalue weighted by Gasteiger charge is -2.32. The normalized spacial score (nSPS) is 17.3. The quantitative estimate of drug-likeness (QED) is 0.849. The summed E-state index contributed by atoms with van der Waals surface area (Å²) in [5.41, 5.74) is 0.974. The van der Waals surface area contributed by atoms with Gasteiger partial charge in [0, 0.05) is 12.0 Å². The third-order valence-electron chi connectivity index (χ3n) is 4.22. The molecule has 2 rings (SSSR count). The molecule has 1 fully saturated rings. The van der Waals surface area contributed by atoms with Crippen LogP contribution in [0.4, 0.5) is 0 Å². The minimum atomic E-state index is -0.214. The van der Waals surface area contributed by atoms with E-state index in [0.29, 0.717) is 6.54 Å². The predicted octanol–water partition coefficient (Wildman–Crippen LogP) is 2.52. The molecule has 1 heterocycles. The number of hydrogen-bond donors (Lipinski definition) is 2. The molecule has 1 aromatic carbocycles. The van der Waals surface area contributed by atoms with E-state index in [2.05, 4.69) is 29.7 Å². The summed E-state index contributed by atoms with van der Waals surface area (Å²) < 4.78 is 5.70. The van der Waals surface area contributed by atoms with Gasteiger partial charge < -0.3 is 15.4 Å². The fourth-order valence-electron chi connectivity index (χ4n) is 2.79. The maximum atomic E-state index is 12.4. The third kappa shape index (κ3) is 4.73. The number of carbonyl (C=O) groups is 1. The SMILES string of the molecule is CC(C)Oc1cccc(CCNC(=O)C2(C)CCNCC2)c1. The van der Waals surface area contributed by atoms with Gasteiger partial charge in [-0.05, 0) is 63.9 Å². The Labute approximate surface area is 133 Å². The molecule has 2 N–H and O–H groups in total. The summed E-state index contributed by atoms with van der Waals surface area (Å²) in [4.78, 5) is 12.4. The van der Waals surface area contributed by atoms with E-state index < -0.39 is 0 Å². The van der Waals surface area contributed by atoms with Crippen molar-refractivity contribution >= 4 is 5.91 Å². The number of piperidine rings is 1. The molecule has 0 unspecified atom stereocenters. The van der Waals surface area contributed by atoms with Crippen LogP contribution in [0.25, 0.3) is 0 Å². The van der Waals surface area contributed by atoms with E-state index in [4.69, 9.17) is 4.74 Å². The van der Waals surface area contributed by atoms with Crippen molar-refractivity contribution in [2.75, 3.05) is 19.6 Å². The average Bonchev–Trinajstić information content (AvgIpc) is 2.47. The Kier molecular flexibility index (Phi) is 5.83. The molecule has 1 aliphatic rings. The van der Waals surface area contributed by atoms with Crippen molar-refractivity contribution < 1.29 is 9.53 Å². The average molecular weight is 304 g/mol. The molecule has 1 amide bonds. The van der Waals surface area contributed by atoms with Crippen LogP contribution in [0.2, 0.25) is 0 Å². The summed E-state index contributed by atoms with van der Waals surface area (Å²) in [5.74, 6) is 1.08. The van der Waals surface area contributed by atoms with E-state index in [9.17, 15) is 4.79 Å². The van der Waals surface area contributed by atoms with Crippen LogP contribution in [-0.2, 0) is 11.2 Å². The zero-order valence-corrected chi connectivity index (χ0v) is 13.9. The monoisotopic (exact) mass is 304 g/mol. The summed E-state index contributed by atoms with van der Waals surface area (Å²) in [6.45, 7) is 8.64. The van der Waals surface area contributed by atoms with Crippen molar-refractivity contribution in [3.63, 3.8) is 0 Å². The van der Waals surface area contributed by atoms with Crippen LogP contribution in [0, 0.1) is 5.41 Å². The first-order chi connectivity index (χ1) is 10.5. The van der Waals surface area contributed by atoms with E-state index in [-0.39, 0.29) is 17.4 Å². The Bertz CT molecular complexity index is 494. The molecule has 0 aromatic heterocycles. The Morgan fingerprint density at radius 3 is 2.77 bits per heavy atom. The Hall–Kier alpha value is -1.55. The van der Waals surface area contributed by atoms with Crippen molar-refractivity contribution in [3.05, 3.63) is 29.8 Å². The lowest BCUT2D eigenvalue weighted by Crippen LogP contribution is -2.46. The molecule has 0 saturated carbocycles. The van der Waals surface area contributed by atoms with Gasteiger partial charge in [0.1, 0.15) is 5.75 Å². The van der Waals surface area contributed by atoms with E-state index in [1.54, 1.807) is 0 Å². The molecule has 1 aromatic rings. The van der Waals surface area contributed by atoms with Gasteiger partial charge in [0.2, 0.25) is 5.91 Å². The molecule has 0 aliphatic carbocycles. The van der Waals surface area contributed by atoms with Crippen LogP contribution < -0.4 is 15.4 Å². The molecule has 22 heavy (non-hydrogen) atoms. The van der Waals surface area contributed by atoms with Gasteiger partial charge in [-0.3, -0.25) is 4.79 Å². The largest absolute Gasteiger partial charge is 0.491 e. The van der Waals surface area contributed by atoms with Crippen LogP contribution in [0.1, 0.15) is 39.2 Å². The number of hydrogen-bond acceptors (Lipinski definition) is 3. The maximum absolute atomic E-state index is 12.4. The van der Waals surface area contributed by atoms with Gasteiger partial charge in [0.25, 0.3) is 0 Å². The standard InChI is InChI=1S/C18H28N2O2/c1-14(2)22-16-6-4-5-15(13-16)7-10-20-17(21)18(3)8-11-19-12-9-18/h4-6,13-14,19H,7-12H2,1-3H3,(H,20,21). The van der Waals surface area contributed by atoms with Gasteiger partial charge >= 0.3 is 0 Å². The number of nitrogens with one attached hydrogen (secondary N) is 2. The fourth-order valence-corrected chi connectivity index (χ4v) is 2.79. The highest BCUT2D eigenvalue weighted by Gasteiger charge is 2.33. The number of benzene rings is 1. The molecular weight excluding hydrogens is 276 g/mol. The second-order valence-electron chi connectivity index (χ2n) is 6.63. The van der Waals surface area contributed by atoms with E-state index >= 15 is 0 Å². The minimum absolute atomic E-state index is 0.176. The number of carbonyl (C=O) groups excluding carboxylic acids is 1. The topological polar surface area (TPSA) is 50.4 Å². The van der Waals surface area contributed by atoms with Gasteiger partial charge in [0.05, 0.1) is 6.10 Å². The third-order valence-corrected chi connectivity index (χ3v) is 4.22. The van der Waals surface area contributed by atoms with Crippen molar-refractivity contribution in [2.24, 2.45) is 5.41 Å². The van der Waals surface area contributed by atoms with Gasteiger partial charge in [0.15, 0.2) is 0 Å². The van der Waals surface area contributed by atoms with Gasteiger partial charge in [-0.15, -0.1) is 0 Å². The summed E-state index contributed by atoms with van der Waals surface area (Å²) in [5, 5.41) is 6.40. The molecule has 122 valence electrons. The zero-order chi connectivity index (χ0) is 16.0. The minimum Gasteiger partial charge on any atom is -0.491 e. The zero-order valence-electron chi connectivity index (χ0n) is 13.9. The fraction of sp³-hybridized carbons (Fsp3) is 0.611. The van der Waals surface area contributed by atoms with E-state index in [1.165, 1.54) is 5.56 Å². The van der Waals surface area contributed by atoms with Crippen LogP contribution in [0.15, 0.2) is 24.3 Å². The first-order valence-corrected chi connectivity index (χ1v) is 8.24. The molecule has 4 heteroatoms. The molecular formula is C18H28N2O2. The lowest BCUT2D eigenvalue weighted by molar-refractivity contribution is -0.131. The molecule has 0 atom stereocenters. The van der Waals surface area contributed by atoms with E-state index in [0.717, 1.165) is 38.1 Å². The Balaban J connectivity index is 1.82. The van der Waals surface area contributed by atoms with Crippen molar-refractivity contribution in [1.82, 2.24) is 10.6 Å². The maximum Gasteiger partial charge on any atom is 0.226 e. The molecule has 1 saturated heterocycles. The van der Waals surface area contributed by atoms with Crippen LogP contribution in [-0.4, -0.2) is 31.6 Å². The van der Waals surface area contributed by atoms with Gasteiger partial charge in [-0.2, -0.15) is 0 Å². The summed E-state index contributed by atoms with van der Waals surface area (Å²) in [7, 11) is 0. The highest BCUT2D eigenvalue weighted by molar-refractivity contribution is 5.82. The number of amides is 1. The molecule has 1 aliphatic heterocycles. The highest BCUT2D eigenvalue weighted by Crippen LogP contribution is 2.27. The number of ether oxygens (including phenoxy) is 1. The molecule has 0 radical (unpaired) electrons. The van der Waals surface area contributed by atoms with Crippen molar-refractivity contribution in [3.8, 4) is 5.75 Å². The summed E-state index contributed by atoms with van der Waals surface area (Å²) in [6.07, 6.45) is 2.83. The van der Waals surface area contributed by atoms with Crippen LogP contribution in [0.5, 0.6) is 5.75 Å². The van der Waals surface area contributed by atoms with Crippen molar-refractivity contribution in [1.29, 1.82) is 0 Å². The first-order valence-electron chi connectivity index (χ1n) is 8.24. The Morgan fingerprint density at radius 1 is 1.36 bits per heavy atom. The molecule has 0 spiro atoms. The smallest absolute Gasteiger partial charge is 0.226 e. The number of rotatable bonds is 6. The molecule has 0 bridgehead atoms. The van der Waals surface area contributed by atoms with Crippen molar-refractivity contribution in [2.45, 2.75) is 46.1 Å².